The van der Waals surface area contributed by atoms with Gasteiger partial charge in [-0.2, -0.15) is 13.2 Å². The first-order valence-electron chi connectivity index (χ1n) is 13.3. The summed E-state index contributed by atoms with van der Waals surface area (Å²) in [5, 5.41) is 16.3. The van der Waals surface area contributed by atoms with Gasteiger partial charge in [0.1, 0.15) is 24.6 Å². The molecule has 45 heavy (non-hydrogen) atoms. The van der Waals surface area contributed by atoms with E-state index in [-0.39, 0.29) is 49.6 Å². The zero-order chi connectivity index (χ0) is 32.3. The number of amides is 1. The zero-order valence-electron chi connectivity index (χ0n) is 22.8. The number of carbonyl (C=O) groups excluding carboxylic acids is 1. The van der Waals surface area contributed by atoms with Gasteiger partial charge in [-0.1, -0.05) is 58.2 Å². The third-order valence-electron chi connectivity index (χ3n) is 7.97. The lowest BCUT2D eigenvalue weighted by molar-refractivity contribution is -0.275. The van der Waals surface area contributed by atoms with E-state index in [1.165, 1.54) is 28.7 Å². The number of alkyl halides is 5. The number of carbonyl (C=O) groups is 1. The van der Waals surface area contributed by atoms with Crippen molar-refractivity contribution in [2.75, 3.05) is 13.3 Å². The van der Waals surface area contributed by atoms with Crippen molar-refractivity contribution in [3.05, 3.63) is 104 Å². The predicted octanol–water partition coefficient (Wildman–Crippen LogP) is 6.26. The largest absolute Gasteiger partial charge is 0.492 e. The fraction of sp³-hybridized carbons (Fsp3) is 0.241. The Morgan fingerprint density at radius 2 is 1.78 bits per heavy atom. The van der Waals surface area contributed by atoms with Gasteiger partial charge in [-0.25, -0.2) is 8.78 Å². The second-order valence-corrected chi connectivity index (χ2v) is 11.8. The van der Waals surface area contributed by atoms with Crippen LogP contribution in [0, 0.1) is 0 Å². The number of hydrogen-bond donors (Lipinski definition) is 2. The molecule has 2 aromatic carbocycles. The molecule has 1 amide bonds. The molecular weight excluding hydrogens is 666 g/mol. The number of fused-ring (bicyclic) bond motifs is 2. The van der Waals surface area contributed by atoms with E-state index >= 15 is 0 Å². The Kier molecular flexibility index (Phi) is 8.06. The van der Waals surface area contributed by atoms with Crippen molar-refractivity contribution in [3.63, 3.8) is 0 Å². The highest BCUT2D eigenvalue weighted by Gasteiger charge is 2.62. The Hall–Kier alpha value is -3.36. The van der Waals surface area contributed by atoms with E-state index < -0.39 is 50.2 Å². The Morgan fingerprint density at radius 3 is 2.44 bits per heavy atom. The van der Waals surface area contributed by atoms with E-state index in [9.17, 15) is 31.8 Å². The molecule has 4 aromatic rings. The average molecular weight is 687 g/mol. The predicted molar refractivity (Wildman–Crippen MR) is 159 cm³/mol. The minimum Gasteiger partial charge on any atom is -0.423 e. The monoisotopic (exact) mass is 685 g/mol. The number of nitrogens with zero attached hydrogens (tertiary/aromatic N) is 2. The maximum Gasteiger partial charge on any atom is 0.492 e. The van der Waals surface area contributed by atoms with Gasteiger partial charge in [-0.05, 0) is 53.0 Å². The van der Waals surface area contributed by atoms with Crippen molar-refractivity contribution < 1.29 is 41.3 Å². The molecule has 1 atom stereocenters. The molecule has 0 saturated carbocycles. The molecule has 2 aromatic heterocycles. The number of benzene rings is 2. The molecular formula is C29H20BCl3F5N3O4. The number of pyridine rings is 1. The van der Waals surface area contributed by atoms with Gasteiger partial charge in [0.25, 0.3) is 11.5 Å². The molecule has 0 aliphatic carbocycles. The summed E-state index contributed by atoms with van der Waals surface area (Å²) in [6.07, 6.45) is -4.07. The first kappa shape index (κ1) is 31.6. The molecule has 2 aliphatic rings. The minimum atomic E-state index is -4.92. The summed E-state index contributed by atoms with van der Waals surface area (Å²) in [5.74, 6) is -0.526. The van der Waals surface area contributed by atoms with Crippen LogP contribution in [0.5, 0.6) is 0 Å². The third kappa shape index (κ3) is 5.14. The van der Waals surface area contributed by atoms with Crippen LogP contribution in [-0.2, 0) is 27.2 Å². The van der Waals surface area contributed by atoms with E-state index in [1.807, 2.05) is 0 Å². The minimum absolute atomic E-state index is 0.0114. The Bertz CT molecular complexity index is 1840. The summed E-state index contributed by atoms with van der Waals surface area (Å²) < 4.78 is 77.4. The first-order chi connectivity index (χ1) is 21.3. The van der Waals surface area contributed by atoms with Crippen LogP contribution in [0.15, 0.2) is 65.9 Å². The summed E-state index contributed by atoms with van der Waals surface area (Å²) in [6.45, 7) is -2.33. The van der Waals surface area contributed by atoms with Gasteiger partial charge in [0.15, 0.2) is 0 Å². The molecule has 0 fully saturated rings. The van der Waals surface area contributed by atoms with Crippen LogP contribution in [-0.4, -0.2) is 47.7 Å². The molecule has 6 rings (SSSR count). The highest BCUT2D eigenvalue weighted by molar-refractivity contribution is 6.62. The van der Waals surface area contributed by atoms with Crippen LogP contribution in [0.3, 0.4) is 0 Å². The molecule has 0 saturated heterocycles. The Balaban J connectivity index is 1.25. The maximum absolute atomic E-state index is 14.5. The fourth-order valence-electron chi connectivity index (χ4n) is 5.60. The third-order valence-corrected chi connectivity index (χ3v) is 9.16. The van der Waals surface area contributed by atoms with E-state index in [0.717, 1.165) is 12.1 Å². The topological polar surface area (TPSA) is 84.6 Å². The average Bonchev–Trinajstić information content (AvgIpc) is 3.75. The lowest BCUT2D eigenvalue weighted by Gasteiger charge is -2.30. The molecule has 7 nitrogen and oxygen atoms in total. The van der Waals surface area contributed by atoms with Gasteiger partial charge < -0.3 is 24.2 Å². The van der Waals surface area contributed by atoms with Crippen molar-refractivity contribution in [2.24, 2.45) is 5.16 Å². The lowest BCUT2D eigenvalue weighted by Crippen LogP contribution is -2.42. The SMILES string of the molecule is O=C(NCc1ccc2c(c1)B(O)OC2(CF)CF)c1ccc(C2=NOC(c3cc(Cl)c(Cl)c(Cl)c3)(C(F)(F)F)C2)c2cccn12. The molecule has 4 heterocycles. The van der Waals surface area contributed by atoms with Crippen molar-refractivity contribution >= 4 is 64.5 Å². The van der Waals surface area contributed by atoms with Crippen LogP contribution in [0.1, 0.15) is 39.2 Å². The highest BCUT2D eigenvalue weighted by Crippen LogP contribution is 2.51. The zero-order valence-corrected chi connectivity index (χ0v) is 25.0. The van der Waals surface area contributed by atoms with Crippen LogP contribution in [0.4, 0.5) is 22.0 Å². The molecule has 0 bridgehead atoms. The standard InChI is InChI=1S/C29H20BCl3F5N3O4/c31-20-9-16(10-21(32)25(20)33)28(29(36,37)38)11-22(40-45-28)17-4-6-24(41-7-1-2-23(17)41)26(42)39-12-15-3-5-18-19(8-15)30(43)44-27(18,13-34)14-35/h1-10,43H,11-14H2,(H,39,42). The molecule has 16 heteroatoms. The second kappa shape index (κ2) is 11.5. The van der Waals surface area contributed by atoms with Crippen molar-refractivity contribution in [2.45, 2.75) is 30.3 Å². The smallest absolute Gasteiger partial charge is 0.423 e. The molecule has 234 valence electrons. The van der Waals surface area contributed by atoms with Gasteiger partial charge in [0.05, 0.1) is 32.7 Å². The number of oxime groups is 1. The number of halogens is 8. The summed E-state index contributed by atoms with van der Waals surface area (Å²) in [5.41, 5.74) is -3.39. The maximum atomic E-state index is 14.5. The van der Waals surface area contributed by atoms with Crippen LogP contribution >= 0.6 is 34.8 Å². The van der Waals surface area contributed by atoms with Crippen molar-refractivity contribution in [1.82, 2.24) is 9.72 Å². The Morgan fingerprint density at radius 1 is 1.07 bits per heavy atom. The van der Waals surface area contributed by atoms with Crippen molar-refractivity contribution in [1.29, 1.82) is 0 Å². The summed E-state index contributed by atoms with van der Waals surface area (Å²) >= 11 is 18.0. The van der Waals surface area contributed by atoms with Crippen molar-refractivity contribution in [3.8, 4) is 0 Å². The Labute approximate surface area is 267 Å². The molecule has 2 N–H and O–H groups in total. The van der Waals surface area contributed by atoms with Crippen LogP contribution in [0.25, 0.3) is 5.52 Å². The van der Waals surface area contributed by atoms with Gasteiger partial charge in [-0.3, -0.25) is 4.79 Å². The summed E-state index contributed by atoms with van der Waals surface area (Å²) in [4.78, 5) is 18.3. The molecule has 2 aliphatic heterocycles. The number of hydrogen-bond acceptors (Lipinski definition) is 5. The molecule has 0 spiro atoms. The van der Waals surface area contributed by atoms with Crippen LogP contribution < -0.4 is 10.8 Å². The molecule has 0 radical (unpaired) electrons. The fourth-order valence-corrected chi connectivity index (χ4v) is 6.20. The summed E-state index contributed by atoms with van der Waals surface area (Å²) in [7, 11) is -1.53. The number of aromatic nitrogens is 1. The van der Waals surface area contributed by atoms with E-state index in [1.54, 1.807) is 24.4 Å². The normalized spacial score (nSPS) is 19.0. The van der Waals surface area contributed by atoms with Gasteiger partial charge in [0.2, 0.25) is 0 Å². The first-order valence-corrected chi connectivity index (χ1v) is 14.4. The van der Waals surface area contributed by atoms with Gasteiger partial charge in [-0.15, -0.1) is 0 Å². The number of nitrogens with one attached hydrogen (secondary N) is 1. The van der Waals surface area contributed by atoms with E-state index in [0.29, 0.717) is 16.6 Å². The molecule has 1 unspecified atom stereocenters. The summed E-state index contributed by atoms with van der Waals surface area (Å²) in [6, 6.07) is 12.7. The number of rotatable bonds is 7. The quantitative estimate of drug-likeness (QED) is 0.137. The highest BCUT2D eigenvalue weighted by atomic mass is 35.5. The lowest BCUT2D eigenvalue weighted by atomic mass is 9.77. The van der Waals surface area contributed by atoms with Gasteiger partial charge >= 0.3 is 13.3 Å². The van der Waals surface area contributed by atoms with E-state index in [4.69, 9.17) is 44.3 Å². The van der Waals surface area contributed by atoms with Crippen LogP contribution in [0.2, 0.25) is 15.1 Å². The second-order valence-electron chi connectivity index (χ2n) is 10.6. The van der Waals surface area contributed by atoms with E-state index in [2.05, 4.69) is 10.5 Å². The van der Waals surface area contributed by atoms with Gasteiger partial charge in [0, 0.05) is 23.9 Å².